The molecule has 3 amide bonds. The fraction of sp³-hybridized carbons (Fsp3) is 0.448. The summed E-state index contributed by atoms with van der Waals surface area (Å²) in [5, 5.41) is 5.73. The van der Waals surface area contributed by atoms with Crippen LogP contribution < -0.4 is 43.0 Å². The van der Waals surface area contributed by atoms with Crippen molar-refractivity contribution in [2.45, 2.75) is 63.5 Å². The van der Waals surface area contributed by atoms with E-state index in [0.717, 1.165) is 32.1 Å². The van der Waals surface area contributed by atoms with E-state index in [0.29, 0.717) is 48.9 Å². The van der Waals surface area contributed by atoms with Gasteiger partial charge < -0.3 is 43.0 Å². The highest BCUT2D eigenvalue weighted by Crippen LogP contribution is 2.36. The lowest BCUT2D eigenvalue weighted by Gasteiger charge is -2.27. The summed E-state index contributed by atoms with van der Waals surface area (Å²) < 4.78 is 11.4. The van der Waals surface area contributed by atoms with Crippen molar-refractivity contribution < 1.29 is 23.9 Å². The number of amides is 3. The van der Waals surface area contributed by atoms with Crippen LogP contribution in [0.25, 0.3) is 0 Å². The number of nitrogens with one attached hydrogen (secondary N) is 2. The maximum atomic E-state index is 13.6. The minimum Gasteiger partial charge on any atom is -0.493 e. The molecule has 2 aromatic rings. The number of para-hydroxylation sites is 2. The Kier molecular flexibility index (Phi) is 11.8. The molecule has 2 atom stereocenters. The lowest BCUT2D eigenvalue weighted by molar-refractivity contribution is -0.127. The Morgan fingerprint density at radius 1 is 0.976 bits per heavy atom. The maximum absolute atomic E-state index is 13.6. The zero-order chi connectivity index (χ0) is 29.8. The summed E-state index contributed by atoms with van der Waals surface area (Å²) in [7, 11) is 1.51. The van der Waals surface area contributed by atoms with E-state index >= 15 is 0 Å². The number of anilines is 1. The third-order valence-corrected chi connectivity index (χ3v) is 7.04. The second kappa shape index (κ2) is 15.5. The van der Waals surface area contributed by atoms with Gasteiger partial charge in [0.05, 0.1) is 18.8 Å². The van der Waals surface area contributed by atoms with Crippen LogP contribution in [-0.4, -0.2) is 49.4 Å². The van der Waals surface area contributed by atoms with Gasteiger partial charge in [-0.3, -0.25) is 19.4 Å². The first-order valence-corrected chi connectivity index (χ1v) is 13.8. The summed E-state index contributed by atoms with van der Waals surface area (Å²) in [6.45, 7) is 0.353. The number of guanidine groups is 1. The van der Waals surface area contributed by atoms with Crippen LogP contribution in [0.3, 0.4) is 0 Å². The van der Waals surface area contributed by atoms with Crippen molar-refractivity contribution in [1.29, 1.82) is 0 Å². The van der Waals surface area contributed by atoms with Gasteiger partial charge in [-0.1, -0.05) is 44.2 Å². The van der Waals surface area contributed by atoms with Gasteiger partial charge in [0.25, 0.3) is 0 Å². The molecule has 12 heteroatoms. The van der Waals surface area contributed by atoms with Crippen molar-refractivity contribution in [2.24, 2.45) is 33.8 Å². The maximum Gasteiger partial charge on any atom is 0.248 e. The lowest BCUT2D eigenvalue weighted by Crippen LogP contribution is -2.50. The van der Waals surface area contributed by atoms with E-state index in [-0.39, 0.29) is 17.3 Å². The molecule has 1 saturated carbocycles. The zero-order valence-corrected chi connectivity index (χ0v) is 23.4. The average Bonchev–Trinajstić information content (AvgIpc) is 2.96. The predicted octanol–water partition coefficient (Wildman–Crippen LogP) is 2.36. The minimum atomic E-state index is -0.829. The van der Waals surface area contributed by atoms with Gasteiger partial charge in [0.1, 0.15) is 6.04 Å². The Morgan fingerprint density at radius 2 is 1.68 bits per heavy atom. The van der Waals surface area contributed by atoms with E-state index in [1.165, 1.54) is 25.3 Å². The van der Waals surface area contributed by atoms with E-state index in [4.69, 9.17) is 32.4 Å². The van der Waals surface area contributed by atoms with Crippen LogP contribution in [0.15, 0.2) is 47.5 Å². The van der Waals surface area contributed by atoms with E-state index in [2.05, 4.69) is 15.6 Å². The first-order chi connectivity index (χ1) is 19.7. The minimum absolute atomic E-state index is 0.0230. The summed E-state index contributed by atoms with van der Waals surface area (Å²) >= 11 is 0. The molecule has 0 aliphatic heterocycles. The normalized spacial score (nSPS) is 14.8. The lowest BCUT2D eigenvalue weighted by atomic mass is 9.84. The first kappa shape index (κ1) is 31.2. The number of rotatable bonds is 14. The topological polar surface area (TPSA) is 210 Å². The molecular formula is C29H41N7O5. The van der Waals surface area contributed by atoms with Gasteiger partial charge in [-0.25, -0.2) is 0 Å². The molecule has 0 unspecified atom stereocenters. The van der Waals surface area contributed by atoms with Crippen LogP contribution in [0.2, 0.25) is 0 Å². The molecule has 0 saturated heterocycles. The summed E-state index contributed by atoms with van der Waals surface area (Å²) in [5.74, 6) is -0.197. The second-order valence-electron chi connectivity index (χ2n) is 10.2. The largest absolute Gasteiger partial charge is 0.493 e. The Labute approximate surface area is 240 Å². The molecule has 0 bridgehead atoms. The molecule has 1 aliphatic carbocycles. The quantitative estimate of drug-likeness (QED) is 0.113. The predicted molar refractivity (Wildman–Crippen MR) is 158 cm³/mol. The Hall–Kier alpha value is -4.32. The molecule has 1 aliphatic rings. The molecule has 1 fully saturated rings. The number of nitrogens with two attached hydrogens (primary N) is 4. The van der Waals surface area contributed by atoms with Crippen molar-refractivity contribution in [2.75, 3.05) is 19.0 Å². The highest BCUT2D eigenvalue weighted by atomic mass is 16.5. The third-order valence-electron chi connectivity index (χ3n) is 7.04. The molecule has 10 N–H and O–H groups in total. The number of carbonyl (C=O) groups excluding carboxylic acids is 3. The molecule has 3 rings (SSSR count). The summed E-state index contributed by atoms with van der Waals surface area (Å²) in [6.07, 6.45) is 6.65. The van der Waals surface area contributed by atoms with Gasteiger partial charge in [0.2, 0.25) is 17.7 Å². The molecule has 0 heterocycles. The first-order valence-electron chi connectivity index (χ1n) is 13.8. The van der Waals surface area contributed by atoms with Crippen molar-refractivity contribution in [3.8, 4) is 17.2 Å². The standard InChI is InChI=1S/C29H41N7O5/c1-40-23-11-5-6-12-24(23)41-25-17-19(26(31)37)13-14-21(25)35-28(39)22(16-18-8-3-2-4-9-18)36-27(38)20(30)10-7-15-34-29(32)33/h5-6,11-14,17-18,20,22H,2-4,7-10,15-16,30H2,1H3,(H2,31,37)(H,35,39)(H,36,38)(H4,32,33,34)/t20-,22-/m0/s1. The van der Waals surface area contributed by atoms with E-state index < -0.39 is 29.8 Å². The number of hydrogen-bond acceptors (Lipinski definition) is 7. The van der Waals surface area contributed by atoms with Crippen molar-refractivity contribution >= 4 is 29.4 Å². The number of carbonyl (C=O) groups is 3. The van der Waals surface area contributed by atoms with Crippen LogP contribution in [0.1, 0.15) is 61.7 Å². The van der Waals surface area contributed by atoms with Crippen LogP contribution in [-0.2, 0) is 9.59 Å². The van der Waals surface area contributed by atoms with Crippen LogP contribution in [0.5, 0.6) is 17.2 Å². The highest BCUT2D eigenvalue weighted by molar-refractivity contribution is 6.00. The Balaban J connectivity index is 1.80. The smallest absolute Gasteiger partial charge is 0.248 e. The van der Waals surface area contributed by atoms with Crippen molar-refractivity contribution in [3.63, 3.8) is 0 Å². The number of nitrogens with zero attached hydrogens (tertiary/aromatic N) is 1. The molecule has 0 aromatic heterocycles. The fourth-order valence-corrected chi connectivity index (χ4v) is 4.82. The van der Waals surface area contributed by atoms with Crippen molar-refractivity contribution in [1.82, 2.24) is 5.32 Å². The summed E-state index contributed by atoms with van der Waals surface area (Å²) in [6, 6.07) is 9.80. The number of aliphatic imine (C=N–C) groups is 1. The number of primary amides is 1. The van der Waals surface area contributed by atoms with Crippen LogP contribution >= 0.6 is 0 Å². The third kappa shape index (κ3) is 9.67. The van der Waals surface area contributed by atoms with Gasteiger partial charge >= 0.3 is 0 Å². The molecule has 12 nitrogen and oxygen atoms in total. The number of methoxy groups -OCH3 is 1. The van der Waals surface area contributed by atoms with Crippen molar-refractivity contribution in [3.05, 3.63) is 48.0 Å². The number of benzene rings is 2. The fourth-order valence-electron chi connectivity index (χ4n) is 4.82. The van der Waals surface area contributed by atoms with Crippen LogP contribution in [0, 0.1) is 5.92 Å². The zero-order valence-electron chi connectivity index (χ0n) is 23.4. The SMILES string of the molecule is COc1ccccc1Oc1cc(C(N)=O)ccc1NC(=O)[C@H](CC1CCCCC1)NC(=O)[C@@H](N)CCCN=C(N)N. The van der Waals surface area contributed by atoms with E-state index in [9.17, 15) is 14.4 Å². The molecular weight excluding hydrogens is 526 g/mol. The van der Waals surface area contributed by atoms with Gasteiger partial charge in [-0.05, 0) is 55.5 Å². The second-order valence-corrected chi connectivity index (χ2v) is 10.2. The molecule has 0 radical (unpaired) electrons. The van der Waals surface area contributed by atoms with E-state index in [1.54, 1.807) is 24.3 Å². The van der Waals surface area contributed by atoms with Gasteiger partial charge in [-0.15, -0.1) is 0 Å². The molecule has 41 heavy (non-hydrogen) atoms. The van der Waals surface area contributed by atoms with Crippen LogP contribution in [0.4, 0.5) is 5.69 Å². The molecule has 2 aromatic carbocycles. The highest BCUT2D eigenvalue weighted by Gasteiger charge is 2.28. The molecule has 222 valence electrons. The average molecular weight is 568 g/mol. The number of hydrogen-bond donors (Lipinski definition) is 6. The monoisotopic (exact) mass is 567 g/mol. The Bertz CT molecular complexity index is 1230. The molecule has 0 spiro atoms. The summed E-state index contributed by atoms with van der Waals surface area (Å²) in [5.41, 5.74) is 22.8. The van der Waals surface area contributed by atoms with Gasteiger partial charge in [-0.2, -0.15) is 0 Å². The summed E-state index contributed by atoms with van der Waals surface area (Å²) in [4.78, 5) is 42.4. The van der Waals surface area contributed by atoms with E-state index in [1.807, 2.05) is 0 Å². The number of ether oxygens (including phenoxy) is 2. The Morgan fingerprint density at radius 3 is 2.34 bits per heavy atom. The van der Waals surface area contributed by atoms with Gasteiger partial charge in [0.15, 0.2) is 23.2 Å². The van der Waals surface area contributed by atoms with Gasteiger partial charge in [0, 0.05) is 12.1 Å².